The molecular formula is C20H23N3O4. The first-order valence-corrected chi connectivity index (χ1v) is 8.93. The number of hydrogen-bond acceptors (Lipinski definition) is 4. The van der Waals surface area contributed by atoms with E-state index in [1.165, 1.54) is 11.8 Å². The van der Waals surface area contributed by atoms with Crippen molar-refractivity contribution in [3.05, 3.63) is 54.0 Å². The lowest BCUT2D eigenvalue weighted by Gasteiger charge is -2.18. The smallest absolute Gasteiger partial charge is 0.325 e. The zero-order chi connectivity index (χ0) is 19.6. The molecule has 0 saturated carbocycles. The van der Waals surface area contributed by atoms with Crippen LogP contribution < -0.4 is 10.6 Å². The number of amides is 4. The second-order valence-corrected chi connectivity index (χ2v) is 6.90. The van der Waals surface area contributed by atoms with Crippen LogP contribution in [0.5, 0.6) is 0 Å². The molecule has 2 atom stereocenters. The molecule has 1 fully saturated rings. The third-order valence-corrected chi connectivity index (χ3v) is 4.97. The van der Waals surface area contributed by atoms with Gasteiger partial charge in [-0.3, -0.25) is 14.5 Å². The van der Waals surface area contributed by atoms with Crippen LogP contribution in [0, 0.1) is 0 Å². The number of imide groups is 1. The highest BCUT2D eigenvalue weighted by molar-refractivity contribution is 6.10. The normalized spacial score (nSPS) is 20.5. The summed E-state index contributed by atoms with van der Waals surface area (Å²) >= 11 is 0. The molecule has 0 aliphatic carbocycles. The molecule has 1 aromatic heterocycles. The molecule has 2 aromatic rings. The number of anilines is 1. The largest absolute Gasteiger partial charge is 0.466 e. The SMILES string of the molecule is CC[C@@H](C)c1ccc(NC(=O)CN2C(=O)N[C@@](C)(c3ccco3)C2=O)cc1. The summed E-state index contributed by atoms with van der Waals surface area (Å²) in [6.07, 6.45) is 2.46. The minimum Gasteiger partial charge on any atom is -0.466 e. The predicted octanol–water partition coefficient (Wildman–Crippen LogP) is 3.20. The van der Waals surface area contributed by atoms with E-state index in [4.69, 9.17) is 4.42 Å². The molecule has 1 aliphatic heterocycles. The van der Waals surface area contributed by atoms with Crippen LogP contribution in [0.3, 0.4) is 0 Å². The van der Waals surface area contributed by atoms with Crippen molar-refractivity contribution in [2.24, 2.45) is 0 Å². The van der Waals surface area contributed by atoms with E-state index in [0.29, 0.717) is 17.4 Å². The number of nitrogens with zero attached hydrogens (tertiary/aromatic N) is 1. The summed E-state index contributed by atoms with van der Waals surface area (Å²) in [7, 11) is 0. The number of benzene rings is 1. The van der Waals surface area contributed by atoms with Gasteiger partial charge in [-0.15, -0.1) is 0 Å². The van der Waals surface area contributed by atoms with Gasteiger partial charge in [-0.1, -0.05) is 26.0 Å². The Morgan fingerprint density at radius 2 is 1.96 bits per heavy atom. The van der Waals surface area contributed by atoms with Gasteiger partial charge in [-0.25, -0.2) is 4.79 Å². The summed E-state index contributed by atoms with van der Waals surface area (Å²) in [6, 6.07) is 10.2. The summed E-state index contributed by atoms with van der Waals surface area (Å²) in [4.78, 5) is 38.1. The minimum absolute atomic E-state index is 0.324. The fourth-order valence-corrected chi connectivity index (χ4v) is 3.05. The maximum absolute atomic E-state index is 12.7. The van der Waals surface area contributed by atoms with Crippen LogP contribution in [0.15, 0.2) is 47.1 Å². The monoisotopic (exact) mass is 369 g/mol. The first-order valence-electron chi connectivity index (χ1n) is 8.93. The van der Waals surface area contributed by atoms with Crippen molar-refractivity contribution in [2.75, 3.05) is 11.9 Å². The van der Waals surface area contributed by atoms with Crippen molar-refractivity contribution >= 4 is 23.5 Å². The molecule has 7 heteroatoms. The maximum Gasteiger partial charge on any atom is 0.325 e. The molecule has 2 N–H and O–H groups in total. The Bertz CT molecular complexity index is 845. The Labute approximate surface area is 157 Å². The fourth-order valence-electron chi connectivity index (χ4n) is 3.05. The lowest BCUT2D eigenvalue weighted by Crippen LogP contribution is -2.41. The standard InChI is InChI=1S/C20H23N3O4/c1-4-13(2)14-7-9-15(10-8-14)21-17(24)12-23-18(25)20(3,22-19(23)26)16-6-5-11-27-16/h5-11,13H,4,12H2,1-3H3,(H,21,24)(H,22,26)/t13-,20+/m1/s1. The van der Waals surface area contributed by atoms with Crippen LogP contribution >= 0.6 is 0 Å². The number of urea groups is 1. The average Bonchev–Trinajstić information content (AvgIpc) is 3.26. The Kier molecular flexibility index (Phi) is 5.03. The molecule has 4 amide bonds. The third kappa shape index (κ3) is 3.58. The van der Waals surface area contributed by atoms with E-state index >= 15 is 0 Å². The summed E-state index contributed by atoms with van der Waals surface area (Å²) < 4.78 is 5.27. The van der Waals surface area contributed by atoms with Crippen LogP contribution in [-0.4, -0.2) is 29.3 Å². The van der Waals surface area contributed by atoms with Gasteiger partial charge in [0.2, 0.25) is 5.91 Å². The lowest BCUT2D eigenvalue weighted by atomic mass is 9.98. The van der Waals surface area contributed by atoms with Crippen LogP contribution in [-0.2, 0) is 15.1 Å². The molecule has 3 rings (SSSR count). The number of rotatable bonds is 6. The third-order valence-electron chi connectivity index (χ3n) is 4.97. The van der Waals surface area contributed by atoms with Gasteiger partial charge < -0.3 is 15.1 Å². The highest BCUT2D eigenvalue weighted by Gasteiger charge is 2.51. The van der Waals surface area contributed by atoms with Gasteiger partial charge in [0.05, 0.1) is 6.26 Å². The van der Waals surface area contributed by atoms with Gasteiger partial charge in [0.1, 0.15) is 12.3 Å². The zero-order valence-electron chi connectivity index (χ0n) is 15.6. The van der Waals surface area contributed by atoms with E-state index in [1.54, 1.807) is 19.1 Å². The van der Waals surface area contributed by atoms with Crippen molar-refractivity contribution in [1.82, 2.24) is 10.2 Å². The van der Waals surface area contributed by atoms with E-state index in [2.05, 4.69) is 24.5 Å². The van der Waals surface area contributed by atoms with E-state index in [0.717, 1.165) is 11.3 Å². The Morgan fingerprint density at radius 1 is 1.26 bits per heavy atom. The number of carbonyl (C=O) groups is 3. The number of hydrogen-bond donors (Lipinski definition) is 2. The van der Waals surface area contributed by atoms with Crippen molar-refractivity contribution in [1.29, 1.82) is 0 Å². The van der Waals surface area contributed by atoms with Crippen LogP contribution in [0.1, 0.15) is 44.4 Å². The molecule has 142 valence electrons. The average molecular weight is 369 g/mol. The summed E-state index contributed by atoms with van der Waals surface area (Å²) in [5.74, 6) is -0.201. The van der Waals surface area contributed by atoms with Crippen molar-refractivity contribution in [3.8, 4) is 0 Å². The topological polar surface area (TPSA) is 91.7 Å². The van der Waals surface area contributed by atoms with Gasteiger partial charge in [0, 0.05) is 5.69 Å². The second kappa shape index (κ2) is 7.26. The number of furan rings is 1. The number of carbonyl (C=O) groups excluding carboxylic acids is 3. The Balaban J connectivity index is 1.66. The molecule has 0 unspecified atom stereocenters. The van der Waals surface area contributed by atoms with Gasteiger partial charge >= 0.3 is 6.03 Å². The highest BCUT2D eigenvalue weighted by Crippen LogP contribution is 2.29. The van der Waals surface area contributed by atoms with Gasteiger partial charge in [0.15, 0.2) is 5.54 Å². The molecule has 0 spiro atoms. The fraction of sp³-hybridized carbons (Fsp3) is 0.350. The first kappa shape index (κ1) is 18.7. The zero-order valence-corrected chi connectivity index (χ0v) is 15.6. The molecule has 1 saturated heterocycles. The van der Waals surface area contributed by atoms with Crippen LogP contribution in [0.4, 0.5) is 10.5 Å². The lowest BCUT2D eigenvalue weighted by molar-refractivity contribution is -0.134. The summed E-state index contributed by atoms with van der Waals surface area (Å²) in [5, 5.41) is 5.31. The second-order valence-electron chi connectivity index (χ2n) is 6.90. The Hall–Kier alpha value is -3.09. The van der Waals surface area contributed by atoms with Crippen molar-refractivity contribution < 1.29 is 18.8 Å². The molecule has 1 aliphatic rings. The van der Waals surface area contributed by atoms with Gasteiger partial charge in [0.25, 0.3) is 5.91 Å². The predicted molar refractivity (Wildman–Crippen MR) is 100 cm³/mol. The molecule has 2 heterocycles. The van der Waals surface area contributed by atoms with Crippen molar-refractivity contribution in [2.45, 2.75) is 38.6 Å². The van der Waals surface area contributed by atoms with E-state index in [1.807, 2.05) is 24.3 Å². The van der Waals surface area contributed by atoms with Crippen LogP contribution in [0.25, 0.3) is 0 Å². The maximum atomic E-state index is 12.7. The molecule has 27 heavy (non-hydrogen) atoms. The van der Waals surface area contributed by atoms with Crippen molar-refractivity contribution in [3.63, 3.8) is 0 Å². The number of nitrogens with one attached hydrogen (secondary N) is 2. The van der Waals surface area contributed by atoms with E-state index in [-0.39, 0.29) is 6.54 Å². The summed E-state index contributed by atoms with van der Waals surface area (Å²) in [5.41, 5.74) is 0.505. The van der Waals surface area contributed by atoms with Gasteiger partial charge in [-0.05, 0) is 49.1 Å². The molecule has 1 aromatic carbocycles. The quantitative estimate of drug-likeness (QED) is 0.765. The first-order chi connectivity index (χ1) is 12.8. The molecule has 0 radical (unpaired) electrons. The summed E-state index contributed by atoms with van der Waals surface area (Å²) in [6.45, 7) is 5.45. The van der Waals surface area contributed by atoms with E-state index in [9.17, 15) is 14.4 Å². The molecular weight excluding hydrogens is 346 g/mol. The minimum atomic E-state index is -1.31. The van der Waals surface area contributed by atoms with Gasteiger partial charge in [-0.2, -0.15) is 0 Å². The Morgan fingerprint density at radius 3 is 2.56 bits per heavy atom. The molecule has 7 nitrogen and oxygen atoms in total. The highest BCUT2D eigenvalue weighted by atomic mass is 16.3. The molecule has 0 bridgehead atoms. The van der Waals surface area contributed by atoms with Crippen LogP contribution in [0.2, 0.25) is 0 Å². The van der Waals surface area contributed by atoms with E-state index < -0.39 is 23.4 Å².